The third kappa shape index (κ3) is 7.96. The number of benzene rings is 3. The van der Waals surface area contributed by atoms with Gasteiger partial charge in [0.1, 0.15) is 0 Å². The van der Waals surface area contributed by atoms with Crippen molar-refractivity contribution in [1.29, 1.82) is 0 Å². The van der Waals surface area contributed by atoms with Crippen LogP contribution in [0.25, 0.3) is 0 Å². The van der Waals surface area contributed by atoms with Gasteiger partial charge in [-0.2, -0.15) is 0 Å². The van der Waals surface area contributed by atoms with Crippen molar-refractivity contribution >= 4 is 35.1 Å². The van der Waals surface area contributed by atoms with Gasteiger partial charge in [-0.25, -0.2) is 4.79 Å². The van der Waals surface area contributed by atoms with Crippen LogP contribution in [0.4, 0.5) is 5.69 Å². The molecule has 3 aromatic rings. The first-order valence-corrected chi connectivity index (χ1v) is 12.1. The Bertz CT molecular complexity index is 1330. The summed E-state index contributed by atoms with van der Waals surface area (Å²) in [5.41, 5.74) is 3.57. The second-order valence-electron chi connectivity index (χ2n) is 8.79. The number of carbonyl (C=O) groups excluding carboxylic acids is 5. The van der Waals surface area contributed by atoms with Gasteiger partial charge in [0.15, 0.2) is 18.5 Å². The topological polar surface area (TPSA) is 116 Å². The van der Waals surface area contributed by atoms with Crippen molar-refractivity contribution in [3.8, 4) is 0 Å². The van der Waals surface area contributed by atoms with E-state index >= 15 is 0 Å². The Balaban J connectivity index is 1.41. The molecule has 0 aromatic heterocycles. The monoisotopic (exact) mass is 515 g/mol. The molecule has 0 heterocycles. The molecule has 0 radical (unpaired) electrons. The molecular formula is C30H29NO7. The molecule has 196 valence electrons. The highest BCUT2D eigenvalue weighted by Crippen LogP contribution is 2.14. The van der Waals surface area contributed by atoms with Gasteiger partial charge in [0, 0.05) is 23.2 Å². The number of nitrogens with one attached hydrogen (secondary N) is 1. The Labute approximate surface area is 221 Å². The van der Waals surface area contributed by atoms with Crippen molar-refractivity contribution < 1.29 is 33.4 Å². The summed E-state index contributed by atoms with van der Waals surface area (Å²) in [6, 6.07) is 19.7. The third-order valence-electron chi connectivity index (χ3n) is 5.87. The Morgan fingerprint density at radius 1 is 0.763 bits per heavy atom. The van der Waals surface area contributed by atoms with Gasteiger partial charge < -0.3 is 14.8 Å². The highest BCUT2D eigenvalue weighted by atomic mass is 16.5. The highest BCUT2D eigenvalue weighted by molar-refractivity contribution is 6.01. The molecular weight excluding hydrogens is 486 g/mol. The van der Waals surface area contributed by atoms with Crippen molar-refractivity contribution in [2.24, 2.45) is 0 Å². The molecule has 0 bridgehead atoms. The van der Waals surface area contributed by atoms with Crippen molar-refractivity contribution in [2.75, 3.05) is 11.9 Å². The standard InChI is InChI=1S/C30H29NO7/c1-19-9-10-24(17-20(19)2)26(32)18-37-28(34)16-15-27(33)31-25-13-11-23(12-14-25)30(36)38-21(3)29(35)22-7-5-4-6-8-22/h4-14,17,21H,15-16,18H2,1-3H3,(H,31,33)/t21-/m0/s1. The number of esters is 2. The van der Waals surface area contributed by atoms with Crippen LogP contribution in [0.3, 0.4) is 0 Å². The molecule has 0 unspecified atom stereocenters. The van der Waals surface area contributed by atoms with Gasteiger partial charge in [0.2, 0.25) is 11.7 Å². The van der Waals surface area contributed by atoms with Crippen molar-refractivity contribution in [3.63, 3.8) is 0 Å². The van der Waals surface area contributed by atoms with Crippen molar-refractivity contribution in [1.82, 2.24) is 0 Å². The summed E-state index contributed by atoms with van der Waals surface area (Å²) in [6.07, 6.45) is -1.29. The van der Waals surface area contributed by atoms with Crippen LogP contribution in [0, 0.1) is 13.8 Å². The second-order valence-corrected chi connectivity index (χ2v) is 8.79. The van der Waals surface area contributed by atoms with E-state index in [0.29, 0.717) is 16.8 Å². The Hall–Kier alpha value is -4.59. The zero-order valence-corrected chi connectivity index (χ0v) is 21.5. The van der Waals surface area contributed by atoms with Gasteiger partial charge in [0.25, 0.3) is 0 Å². The van der Waals surface area contributed by atoms with Gasteiger partial charge in [-0.15, -0.1) is 0 Å². The van der Waals surface area contributed by atoms with E-state index in [0.717, 1.165) is 11.1 Å². The molecule has 0 aliphatic carbocycles. The number of rotatable bonds is 11. The minimum Gasteiger partial charge on any atom is -0.457 e. The van der Waals surface area contributed by atoms with E-state index in [2.05, 4.69) is 5.32 Å². The average Bonchev–Trinajstić information content (AvgIpc) is 2.92. The van der Waals surface area contributed by atoms with Gasteiger partial charge in [-0.3, -0.25) is 19.2 Å². The van der Waals surface area contributed by atoms with Crippen LogP contribution in [0.5, 0.6) is 0 Å². The minimum absolute atomic E-state index is 0.139. The van der Waals surface area contributed by atoms with Gasteiger partial charge in [0.05, 0.1) is 12.0 Å². The minimum atomic E-state index is -0.958. The zero-order valence-electron chi connectivity index (χ0n) is 21.5. The number of ether oxygens (including phenoxy) is 2. The van der Waals surface area contributed by atoms with Crippen LogP contribution >= 0.6 is 0 Å². The molecule has 0 spiro atoms. The molecule has 38 heavy (non-hydrogen) atoms. The van der Waals surface area contributed by atoms with Gasteiger partial charge >= 0.3 is 11.9 Å². The molecule has 1 amide bonds. The van der Waals surface area contributed by atoms with Gasteiger partial charge in [-0.05, 0) is 62.2 Å². The summed E-state index contributed by atoms with van der Waals surface area (Å²) in [6.45, 7) is 4.95. The summed E-state index contributed by atoms with van der Waals surface area (Å²) in [7, 11) is 0. The Kier molecular flexibility index (Phi) is 9.65. The van der Waals surface area contributed by atoms with Crippen molar-refractivity contribution in [2.45, 2.75) is 39.7 Å². The fraction of sp³-hybridized carbons (Fsp3) is 0.233. The number of ketones is 2. The first-order valence-electron chi connectivity index (χ1n) is 12.1. The summed E-state index contributed by atoms with van der Waals surface area (Å²) in [5, 5.41) is 2.63. The fourth-order valence-corrected chi connectivity index (χ4v) is 3.46. The lowest BCUT2D eigenvalue weighted by molar-refractivity contribution is -0.143. The van der Waals surface area contributed by atoms with E-state index in [1.165, 1.54) is 31.2 Å². The number of amides is 1. The molecule has 1 atom stereocenters. The maximum Gasteiger partial charge on any atom is 0.338 e. The van der Waals surface area contributed by atoms with E-state index in [4.69, 9.17) is 9.47 Å². The van der Waals surface area contributed by atoms with Crippen LogP contribution in [-0.2, 0) is 19.1 Å². The van der Waals surface area contributed by atoms with Crippen LogP contribution in [0.2, 0.25) is 0 Å². The molecule has 3 aromatic carbocycles. The highest BCUT2D eigenvalue weighted by Gasteiger charge is 2.20. The lowest BCUT2D eigenvalue weighted by Crippen LogP contribution is -2.24. The van der Waals surface area contributed by atoms with Crippen molar-refractivity contribution in [3.05, 3.63) is 101 Å². The first-order chi connectivity index (χ1) is 18.1. The van der Waals surface area contributed by atoms with E-state index in [9.17, 15) is 24.0 Å². The summed E-state index contributed by atoms with van der Waals surface area (Å²) in [5.74, 6) is -2.38. The van der Waals surface area contributed by atoms with E-state index in [1.807, 2.05) is 19.9 Å². The third-order valence-corrected chi connectivity index (χ3v) is 5.87. The molecule has 1 N–H and O–H groups in total. The Morgan fingerprint density at radius 3 is 2.08 bits per heavy atom. The molecule has 8 nitrogen and oxygen atoms in total. The molecule has 0 saturated heterocycles. The molecule has 3 rings (SSSR count). The second kappa shape index (κ2) is 13.1. The normalized spacial score (nSPS) is 11.2. The first kappa shape index (κ1) is 28.0. The largest absolute Gasteiger partial charge is 0.457 e. The van der Waals surface area contributed by atoms with Crippen LogP contribution in [0.15, 0.2) is 72.8 Å². The SMILES string of the molecule is Cc1ccc(C(=O)COC(=O)CCC(=O)Nc2ccc(C(=O)O[C@@H](C)C(=O)c3ccccc3)cc2)cc1C. The van der Waals surface area contributed by atoms with Crippen LogP contribution < -0.4 is 5.32 Å². The van der Waals surface area contributed by atoms with E-state index in [1.54, 1.807) is 42.5 Å². The maximum atomic E-state index is 12.4. The predicted octanol–water partition coefficient (Wildman–Crippen LogP) is 4.88. The average molecular weight is 516 g/mol. The predicted molar refractivity (Wildman–Crippen MR) is 141 cm³/mol. The lowest BCUT2D eigenvalue weighted by atomic mass is 10.0. The molecule has 0 saturated carbocycles. The van der Waals surface area contributed by atoms with Crippen LogP contribution in [-0.4, -0.2) is 42.1 Å². The molecule has 0 aliphatic heterocycles. The smallest absolute Gasteiger partial charge is 0.338 e. The zero-order chi connectivity index (χ0) is 27.7. The quantitative estimate of drug-likeness (QED) is 0.286. The number of anilines is 1. The molecule has 8 heteroatoms. The van der Waals surface area contributed by atoms with Gasteiger partial charge in [-0.1, -0.05) is 42.5 Å². The van der Waals surface area contributed by atoms with Crippen LogP contribution in [0.1, 0.15) is 62.0 Å². The number of carbonyl (C=O) groups is 5. The van der Waals surface area contributed by atoms with E-state index < -0.39 is 30.6 Å². The summed E-state index contributed by atoms with van der Waals surface area (Å²) < 4.78 is 10.3. The number of Topliss-reactive ketones (excluding diaryl/α,β-unsaturated/α-hetero) is 2. The van der Waals surface area contributed by atoms with E-state index in [-0.39, 0.29) is 30.0 Å². The number of hydrogen-bond acceptors (Lipinski definition) is 7. The number of hydrogen-bond donors (Lipinski definition) is 1. The fourth-order valence-electron chi connectivity index (χ4n) is 3.46. The number of aryl methyl sites for hydroxylation is 2. The molecule has 0 aliphatic rings. The Morgan fingerprint density at radius 2 is 1.42 bits per heavy atom. The lowest BCUT2D eigenvalue weighted by Gasteiger charge is -2.12. The summed E-state index contributed by atoms with van der Waals surface area (Å²) in [4.78, 5) is 61.2. The maximum absolute atomic E-state index is 12.4. The molecule has 0 fully saturated rings. The summed E-state index contributed by atoms with van der Waals surface area (Å²) >= 11 is 0.